The van der Waals surface area contributed by atoms with Crippen molar-refractivity contribution < 1.29 is 9.50 Å². The number of hydrogen-bond donors (Lipinski definition) is 2. The Morgan fingerprint density at radius 3 is 3.00 bits per heavy atom. The van der Waals surface area contributed by atoms with Crippen LogP contribution in [0.5, 0.6) is 0 Å². The van der Waals surface area contributed by atoms with Crippen molar-refractivity contribution in [3.05, 3.63) is 12.7 Å². The summed E-state index contributed by atoms with van der Waals surface area (Å²) < 4.78 is 14.5. The Labute approximate surface area is 103 Å². The highest BCUT2D eigenvalue weighted by Crippen LogP contribution is 2.44. The molecule has 1 aliphatic carbocycles. The van der Waals surface area contributed by atoms with Crippen molar-refractivity contribution >= 4 is 17.0 Å². The predicted octanol–water partition coefficient (Wildman–Crippen LogP) is 0.547. The van der Waals surface area contributed by atoms with E-state index in [4.69, 9.17) is 5.73 Å². The fraction of sp³-hybridized carbons (Fsp3) is 0.545. The van der Waals surface area contributed by atoms with Crippen molar-refractivity contribution in [2.75, 3.05) is 19.0 Å². The van der Waals surface area contributed by atoms with E-state index in [2.05, 4.69) is 15.0 Å². The highest BCUT2D eigenvalue weighted by Gasteiger charge is 2.42. The zero-order valence-electron chi connectivity index (χ0n) is 9.70. The van der Waals surface area contributed by atoms with Crippen molar-refractivity contribution in [2.24, 2.45) is 11.8 Å². The topological polar surface area (TPSA) is 89.9 Å². The Morgan fingerprint density at radius 1 is 1.44 bits per heavy atom. The first kappa shape index (κ1) is 11.3. The van der Waals surface area contributed by atoms with Crippen LogP contribution >= 0.6 is 0 Å². The molecule has 7 heteroatoms. The van der Waals surface area contributed by atoms with Crippen LogP contribution in [0.15, 0.2) is 12.7 Å². The number of rotatable bonds is 3. The molecule has 6 nitrogen and oxygen atoms in total. The Kier molecular flexibility index (Phi) is 2.62. The Balaban J connectivity index is 1.99. The lowest BCUT2D eigenvalue weighted by Crippen LogP contribution is -2.41. The second-order valence-electron chi connectivity index (χ2n) is 4.65. The predicted molar refractivity (Wildman–Crippen MR) is 63.4 cm³/mol. The van der Waals surface area contributed by atoms with E-state index in [1.165, 1.54) is 6.33 Å². The third-order valence-corrected chi connectivity index (χ3v) is 3.80. The highest BCUT2D eigenvalue weighted by molar-refractivity contribution is 5.81. The maximum Gasteiger partial charge on any atom is 0.165 e. The molecule has 3 rings (SSSR count). The van der Waals surface area contributed by atoms with Gasteiger partial charge in [0.05, 0.1) is 13.0 Å². The van der Waals surface area contributed by atoms with Gasteiger partial charge in [0, 0.05) is 18.6 Å². The van der Waals surface area contributed by atoms with Crippen molar-refractivity contribution in [2.45, 2.75) is 12.5 Å². The second kappa shape index (κ2) is 4.16. The lowest BCUT2D eigenvalue weighted by atomic mass is 9.70. The number of fused-ring (bicyclic) bond motifs is 1. The minimum atomic E-state index is -0.397. The molecule has 3 N–H and O–H groups in total. The second-order valence-corrected chi connectivity index (χ2v) is 4.65. The van der Waals surface area contributed by atoms with E-state index < -0.39 is 6.67 Å². The average molecular weight is 251 g/mol. The van der Waals surface area contributed by atoms with Gasteiger partial charge >= 0.3 is 0 Å². The fourth-order valence-electron chi connectivity index (χ4n) is 2.66. The number of nitrogens with zero attached hydrogens (tertiary/aromatic N) is 4. The number of aliphatic hydroxyl groups excluding tert-OH is 1. The lowest BCUT2D eigenvalue weighted by molar-refractivity contribution is 0.0138. The summed E-state index contributed by atoms with van der Waals surface area (Å²) in [6.07, 6.45) is 3.71. The number of alkyl halides is 1. The normalized spacial score (nSPS) is 27.3. The van der Waals surface area contributed by atoms with Crippen LogP contribution in [0.4, 0.5) is 10.2 Å². The number of hydrogen-bond acceptors (Lipinski definition) is 5. The minimum Gasteiger partial charge on any atom is -0.396 e. The summed E-state index contributed by atoms with van der Waals surface area (Å²) in [7, 11) is 0. The largest absolute Gasteiger partial charge is 0.396 e. The minimum absolute atomic E-state index is 0.0283. The van der Waals surface area contributed by atoms with E-state index in [0.717, 1.165) is 0 Å². The van der Waals surface area contributed by atoms with Gasteiger partial charge in [0.25, 0.3) is 0 Å². The smallest absolute Gasteiger partial charge is 0.165 e. The van der Waals surface area contributed by atoms with Crippen LogP contribution in [0.1, 0.15) is 12.5 Å². The van der Waals surface area contributed by atoms with Gasteiger partial charge < -0.3 is 15.4 Å². The maximum absolute atomic E-state index is 12.7. The molecule has 0 aliphatic heterocycles. The van der Waals surface area contributed by atoms with E-state index >= 15 is 0 Å². The van der Waals surface area contributed by atoms with Crippen molar-refractivity contribution in [3.63, 3.8) is 0 Å². The number of anilines is 1. The Morgan fingerprint density at radius 2 is 2.28 bits per heavy atom. The van der Waals surface area contributed by atoms with Gasteiger partial charge in [-0.1, -0.05) is 0 Å². The molecule has 0 unspecified atom stereocenters. The summed E-state index contributed by atoms with van der Waals surface area (Å²) in [6, 6.07) is 0.0371. The molecule has 2 heterocycles. The molecule has 1 aliphatic rings. The van der Waals surface area contributed by atoms with E-state index in [9.17, 15) is 9.50 Å². The molecule has 0 aromatic carbocycles. The number of imidazole rings is 1. The fourth-order valence-corrected chi connectivity index (χ4v) is 2.66. The number of aliphatic hydroxyl groups is 1. The Bertz CT molecular complexity index is 572. The van der Waals surface area contributed by atoms with Gasteiger partial charge in [-0.05, 0) is 12.3 Å². The average Bonchev–Trinajstić information content (AvgIpc) is 2.75. The van der Waals surface area contributed by atoms with Crippen LogP contribution in [0.25, 0.3) is 11.2 Å². The molecular weight excluding hydrogens is 237 g/mol. The van der Waals surface area contributed by atoms with Crippen LogP contribution in [-0.4, -0.2) is 37.9 Å². The van der Waals surface area contributed by atoms with Gasteiger partial charge in [0.1, 0.15) is 11.8 Å². The van der Waals surface area contributed by atoms with E-state index in [-0.39, 0.29) is 24.5 Å². The summed E-state index contributed by atoms with van der Waals surface area (Å²) >= 11 is 0. The van der Waals surface area contributed by atoms with E-state index in [0.29, 0.717) is 23.4 Å². The number of aromatic nitrogens is 4. The number of nitrogen functional groups attached to an aromatic ring is 1. The molecule has 0 bridgehead atoms. The van der Waals surface area contributed by atoms with Gasteiger partial charge in [0.15, 0.2) is 11.5 Å². The molecule has 0 amide bonds. The monoisotopic (exact) mass is 251 g/mol. The van der Waals surface area contributed by atoms with Gasteiger partial charge in [-0.25, -0.2) is 15.0 Å². The standard InChI is InChI=1S/C11H14FN5O/c12-2-6-1-8(7(6)3-18)17-5-16-9-10(13)14-4-15-11(9)17/h4-8,18H,1-3H2,(H2,13,14,15)/t6-,7-,8-/m1/s1. The van der Waals surface area contributed by atoms with Gasteiger partial charge in [-0.2, -0.15) is 0 Å². The molecule has 2 aromatic heterocycles. The molecule has 0 spiro atoms. The summed E-state index contributed by atoms with van der Waals surface area (Å²) in [4.78, 5) is 12.2. The Hall–Kier alpha value is -1.76. The van der Waals surface area contributed by atoms with Crippen molar-refractivity contribution in [3.8, 4) is 0 Å². The SMILES string of the molecule is Nc1ncnc2c1ncn2[C@@H]1C[C@H](CF)[C@H]1CO. The molecule has 0 radical (unpaired) electrons. The summed E-state index contributed by atoms with van der Waals surface area (Å²) in [5.41, 5.74) is 6.91. The van der Waals surface area contributed by atoms with Crippen LogP contribution in [0, 0.1) is 11.8 Å². The zero-order chi connectivity index (χ0) is 12.7. The van der Waals surface area contributed by atoms with Crippen LogP contribution in [0.2, 0.25) is 0 Å². The van der Waals surface area contributed by atoms with E-state index in [1.807, 2.05) is 4.57 Å². The van der Waals surface area contributed by atoms with Crippen LogP contribution in [0.3, 0.4) is 0 Å². The maximum atomic E-state index is 12.7. The first-order valence-corrected chi connectivity index (χ1v) is 5.86. The summed E-state index contributed by atoms with van der Waals surface area (Å²) in [5.74, 6) is 0.181. The highest BCUT2D eigenvalue weighted by atomic mass is 19.1. The molecule has 0 saturated heterocycles. The molecule has 96 valence electrons. The first-order chi connectivity index (χ1) is 8.76. The lowest BCUT2D eigenvalue weighted by Gasteiger charge is -2.43. The zero-order valence-corrected chi connectivity index (χ0v) is 9.70. The third kappa shape index (κ3) is 1.47. The molecule has 2 aromatic rings. The quantitative estimate of drug-likeness (QED) is 0.831. The van der Waals surface area contributed by atoms with Gasteiger partial charge in [-0.3, -0.25) is 4.39 Å². The molecule has 1 fully saturated rings. The molecule has 3 atom stereocenters. The third-order valence-electron chi connectivity index (χ3n) is 3.80. The molecule has 18 heavy (non-hydrogen) atoms. The first-order valence-electron chi connectivity index (χ1n) is 5.86. The van der Waals surface area contributed by atoms with Gasteiger partial charge in [-0.15, -0.1) is 0 Å². The van der Waals surface area contributed by atoms with Crippen molar-refractivity contribution in [1.29, 1.82) is 0 Å². The van der Waals surface area contributed by atoms with Crippen molar-refractivity contribution in [1.82, 2.24) is 19.5 Å². The summed E-state index contributed by atoms with van der Waals surface area (Å²) in [6.45, 7) is -0.426. The number of halogens is 1. The van der Waals surface area contributed by atoms with Gasteiger partial charge in [0.2, 0.25) is 0 Å². The molecule has 1 saturated carbocycles. The molecular formula is C11H14FN5O. The van der Waals surface area contributed by atoms with Crippen LogP contribution in [-0.2, 0) is 0 Å². The van der Waals surface area contributed by atoms with Crippen LogP contribution < -0.4 is 5.73 Å². The number of nitrogens with two attached hydrogens (primary N) is 1. The van der Waals surface area contributed by atoms with E-state index in [1.54, 1.807) is 6.33 Å². The summed E-state index contributed by atoms with van der Waals surface area (Å²) in [5, 5.41) is 9.33.